The first kappa shape index (κ1) is 30.5. The number of anilines is 2. The monoisotopic (exact) mass is 653 g/mol. The van der Waals surface area contributed by atoms with Crippen molar-refractivity contribution in [3.05, 3.63) is 71.3 Å². The van der Waals surface area contributed by atoms with Gasteiger partial charge in [0.1, 0.15) is 18.0 Å². The first-order valence-corrected chi connectivity index (χ1v) is 16.2. The van der Waals surface area contributed by atoms with Crippen LogP contribution in [-0.4, -0.2) is 55.2 Å². The maximum atomic E-state index is 14.6. The van der Waals surface area contributed by atoms with Crippen LogP contribution in [0.4, 0.5) is 24.8 Å². The van der Waals surface area contributed by atoms with Crippen molar-refractivity contribution in [3.8, 4) is 28.6 Å². The third kappa shape index (κ3) is 5.57. The maximum Gasteiger partial charge on any atom is 0.416 e. The lowest BCUT2D eigenvalue weighted by Gasteiger charge is -2.20. The number of benzene rings is 1. The summed E-state index contributed by atoms with van der Waals surface area (Å²) in [5.41, 5.74) is 2.04. The Labute approximate surface area is 275 Å². The first-order valence-electron chi connectivity index (χ1n) is 16.2. The van der Waals surface area contributed by atoms with Crippen LogP contribution >= 0.6 is 0 Å². The molecular weight excluding hydrogens is 619 g/mol. The van der Waals surface area contributed by atoms with Gasteiger partial charge in [0.25, 0.3) is 5.91 Å². The number of likely N-dealkylation sites (tertiary alicyclic amines) is 1. The van der Waals surface area contributed by atoms with Crippen LogP contribution in [0.25, 0.3) is 22.5 Å². The fourth-order valence-corrected chi connectivity index (χ4v) is 7.29. The Morgan fingerprint density at radius 2 is 1.90 bits per heavy atom. The Morgan fingerprint density at radius 1 is 1.06 bits per heavy atom. The number of hydrogen-bond acceptors (Lipinski definition) is 8. The number of carbonyl (C=O) groups excluding carboxylic acids is 1. The van der Waals surface area contributed by atoms with Crippen LogP contribution in [0.5, 0.6) is 0 Å². The second-order valence-corrected chi connectivity index (χ2v) is 14.0. The summed E-state index contributed by atoms with van der Waals surface area (Å²) >= 11 is 0. The van der Waals surface area contributed by atoms with E-state index in [2.05, 4.69) is 31.5 Å². The summed E-state index contributed by atoms with van der Waals surface area (Å²) in [5, 5.41) is 21.0. The van der Waals surface area contributed by atoms with Crippen molar-refractivity contribution < 1.29 is 18.0 Å². The molecule has 4 aliphatic rings. The molecule has 1 spiro atoms. The van der Waals surface area contributed by atoms with E-state index in [1.54, 1.807) is 35.4 Å². The van der Waals surface area contributed by atoms with Crippen molar-refractivity contribution >= 4 is 17.5 Å². The predicted octanol–water partition coefficient (Wildman–Crippen LogP) is 6.21. The lowest BCUT2D eigenvalue weighted by Crippen LogP contribution is -2.25. The molecule has 3 fully saturated rings. The molecule has 8 rings (SSSR count). The molecule has 246 valence electrons. The molecule has 0 bridgehead atoms. The first-order chi connectivity index (χ1) is 23.1. The number of alkyl halides is 3. The van der Waals surface area contributed by atoms with Gasteiger partial charge in [-0.25, -0.2) is 4.98 Å². The number of nitriles is 1. The molecule has 4 aromatic rings. The topological polar surface area (TPSA) is 116 Å². The highest BCUT2D eigenvalue weighted by Gasteiger charge is 2.48. The minimum atomic E-state index is -4.62. The number of nitrogens with zero attached hydrogens (tertiary/aromatic N) is 8. The van der Waals surface area contributed by atoms with Crippen molar-refractivity contribution in [2.75, 3.05) is 29.9 Å². The molecule has 48 heavy (non-hydrogen) atoms. The number of aromatic nitrogens is 5. The number of pyridine rings is 2. The second kappa shape index (κ2) is 11.1. The van der Waals surface area contributed by atoms with E-state index in [9.17, 15) is 23.2 Å². The molecule has 13 heteroatoms. The highest BCUT2D eigenvalue weighted by molar-refractivity contribution is 6.10. The van der Waals surface area contributed by atoms with Gasteiger partial charge < -0.3 is 9.88 Å². The molecule has 5 heterocycles. The second-order valence-electron chi connectivity index (χ2n) is 14.0. The number of aryl methyl sites for hydroxylation is 1. The van der Waals surface area contributed by atoms with E-state index in [0.29, 0.717) is 53.3 Å². The van der Waals surface area contributed by atoms with Crippen molar-refractivity contribution in [1.29, 1.82) is 5.26 Å². The number of carbonyl (C=O) groups is 1. The lowest BCUT2D eigenvalue weighted by molar-refractivity contribution is -0.138. The van der Waals surface area contributed by atoms with Gasteiger partial charge in [0.15, 0.2) is 5.82 Å². The van der Waals surface area contributed by atoms with E-state index in [4.69, 9.17) is 4.98 Å². The van der Waals surface area contributed by atoms with Gasteiger partial charge in [0.2, 0.25) is 0 Å². The van der Waals surface area contributed by atoms with E-state index in [1.807, 2.05) is 19.2 Å². The summed E-state index contributed by atoms with van der Waals surface area (Å²) in [6.45, 7) is 2.37. The summed E-state index contributed by atoms with van der Waals surface area (Å²) in [7, 11) is 1.83. The number of amides is 1. The van der Waals surface area contributed by atoms with Crippen LogP contribution in [0.3, 0.4) is 0 Å². The molecule has 1 amide bonds. The van der Waals surface area contributed by atoms with Gasteiger partial charge in [0.05, 0.1) is 18.2 Å². The summed E-state index contributed by atoms with van der Waals surface area (Å²) in [6.07, 6.45) is 5.97. The molecular formula is C35H34F3N9O. The smallest absolute Gasteiger partial charge is 0.369 e. The normalized spacial score (nSPS) is 19.1. The molecule has 2 saturated carbocycles. The van der Waals surface area contributed by atoms with E-state index in [0.717, 1.165) is 37.9 Å². The zero-order valence-corrected chi connectivity index (χ0v) is 26.5. The van der Waals surface area contributed by atoms with Crippen molar-refractivity contribution in [3.63, 3.8) is 0 Å². The molecule has 0 radical (unpaired) electrons. The number of nitrogens with one attached hydrogen (secondary N) is 1. The summed E-state index contributed by atoms with van der Waals surface area (Å²) in [6, 6.07) is 10.5. The lowest BCUT2D eigenvalue weighted by atomic mass is 9.98. The largest absolute Gasteiger partial charge is 0.416 e. The Hall–Kier alpha value is -4.83. The van der Waals surface area contributed by atoms with E-state index < -0.39 is 17.6 Å². The summed E-state index contributed by atoms with van der Waals surface area (Å²) < 4.78 is 45.4. The van der Waals surface area contributed by atoms with Crippen molar-refractivity contribution in [1.82, 2.24) is 29.6 Å². The maximum absolute atomic E-state index is 14.6. The van der Waals surface area contributed by atoms with E-state index >= 15 is 0 Å². The number of rotatable bonds is 9. The standard InChI is InChI=1S/C35H34F3N9O/c1-45-21-42-44-31(45)24-2-10-40-16-26(24)23-14-29(41-19-33(3-4-33)7-9-39)43-30(15-23)47-18-27-25(32(47)48)12-22(13-28(27)35(36,37)38)17-46-11-8-34(20-46)5-6-34/h2,10,12-16,21H,3-8,11,17-20H2,1H3,(H,41,43). The van der Waals surface area contributed by atoms with Gasteiger partial charge in [-0.3, -0.25) is 19.6 Å². The molecule has 1 aromatic carbocycles. The van der Waals surface area contributed by atoms with Crippen LogP contribution in [0.1, 0.15) is 65.6 Å². The average molecular weight is 654 g/mol. The Balaban J connectivity index is 1.17. The third-order valence-corrected chi connectivity index (χ3v) is 10.5. The van der Waals surface area contributed by atoms with Gasteiger partial charge in [-0.1, -0.05) is 0 Å². The van der Waals surface area contributed by atoms with Gasteiger partial charge in [-0.05, 0) is 91.1 Å². The van der Waals surface area contributed by atoms with E-state index in [1.165, 1.54) is 23.8 Å². The Bertz CT molecular complexity index is 1970. The molecule has 2 aliphatic carbocycles. The van der Waals surface area contributed by atoms with Gasteiger partial charge >= 0.3 is 6.18 Å². The van der Waals surface area contributed by atoms with Gasteiger partial charge in [-0.15, -0.1) is 10.2 Å². The van der Waals surface area contributed by atoms with E-state index in [-0.39, 0.29) is 28.9 Å². The third-order valence-electron chi connectivity index (χ3n) is 10.5. The van der Waals surface area contributed by atoms with Crippen LogP contribution in [-0.2, 0) is 26.3 Å². The molecule has 2 aliphatic heterocycles. The highest BCUT2D eigenvalue weighted by atomic mass is 19.4. The fraction of sp³-hybridized carbons (Fsp3) is 0.429. The van der Waals surface area contributed by atoms with Crippen LogP contribution in [0.15, 0.2) is 49.1 Å². The SMILES string of the molecule is Cn1cnnc1-c1ccncc1-c1cc(NCC2(CC#N)CC2)nc(N2Cc3c(cc(CN4CCC5(CC5)C4)cc3C(F)(F)F)C2=O)c1. The summed E-state index contributed by atoms with van der Waals surface area (Å²) in [4.78, 5) is 26.7. The number of fused-ring (bicyclic) bond motifs is 1. The quantitative estimate of drug-likeness (QED) is 0.227. The molecule has 3 aromatic heterocycles. The van der Waals surface area contributed by atoms with Crippen LogP contribution in [0.2, 0.25) is 0 Å². The number of hydrogen-bond donors (Lipinski definition) is 1. The van der Waals surface area contributed by atoms with Crippen LogP contribution < -0.4 is 10.2 Å². The highest BCUT2D eigenvalue weighted by Crippen LogP contribution is 2.53. The average Bonchev–Trinajstić information content (AvgIpc) is 3.87. The zero-order chi connectivity index (χ0) is 33.3. The molecule has 0 atom stereocenters. The Kier molecular flexibility index (Phi) is 7.07. The van der Waals surface area contributed by atoms with Crippen molar-refractivity contribution in [2.45, 2.75) is 57.8 Å². The Morgan fingerprint density at radius 3 is 2.58 bits per heavy atom. The van der Waals surface area contributed by atoms with Crippen molar-refractivity contribution in [2.24, 2.45) is 17.9 Å². The molecule has 1 N–H and O–H groups in total. The molecule has 0 unspecified atom stereocenters. The van der Waals surface area contributed by atoms with Gasteiger partial charge in [0, 0.05) is 67.6 Å². The summed E-state index contributed by atoms with van der Waals surface area (Å²) in [5.74, 6) is 0.752. The molecule has 10 nitrogen and oxygen atoms in total. The molecule has 1 saturated heterocycles. The fourth-order valence-electron chi connectivity index (χ4n) is 7.29. The number of halogens is 3. The minimum Gasteiger partial charge on any atom is -0.369 e. The van der Waals surface area contributed by atoms with Crippen LogP contribution in [0, 0.1) is 22.2 Å². The van der Waals surface area contributed by atoms with Gasteiger partial charge in [-0.2, -0.15) is 18.4 Å². The minimum absolute atomic E-state index is 0.0369. The zero-order valence-electron chi connectivity index (χ0n) is 26.5. The predicted molar refractivity (Wildman–Crippen MR) is 171 cm³/mol.